The molecule has 0 aromatic heterocycles. The molecule has 1 heterocycles. The Morgan fingerprint density at radius 2 is 1.71 bits per heavy atom. The number of hydrogen-bond donors (Lipinski definition) is 2. The molecule has 1 aliphatic heterocycles. The van der Waals surface area contributed by atoms with Gasteiger partial charge in [-0.2, -0.15) is 0 Å². The molecule has 0 amide bonds. The second-order valence-corrected chi connectivity index (χ2v) is 19.7. The fourth-order valence-electron chi connectivity index (χ4n) is 2.38. The van der Waals surface area contributed by atoms with Gasteiger partial charge in [0, 0.05) is 0 Å². The van der Waals surface area contributed by atoms with Crippen LogP contribution in [0.25, 0.3) is 0 Å². The lowest BCUT2D eigenvalue weighted by Crippen LogP contribution is -2.66. The van der Waals surface area contributed by atoms with Crippen molar-refractivity contribution in [2.45, 2.75) is 55.9 Å². The number of rotatable bonds is 0. The highest BCUT2D eigenvalue weighted by molar-refractivity contribution is 7.08. The van der Waals surface area contributed by atoms with Gasteiger partial charge in [-0.3, -0.25) is 0 Å². The summed E-state index contributed by atoms with van der Waals surface area (Å²) >= 11 is 0. The van der Waals surface area contributed by atoms with Gasteiger partial charge in [0.25, 0.3) is 0 Å². The van der Waals surface area contributed by atoms with Crippen LogP contribution in [0.2, 0.25) is 35.1 Å². The molecule has 0 aromatic rings. The first-order chi connectivity index (χ1) is 6.04. The molecule has 0 spiro atoms. The Labute approximate surface area is 91.2 Å². The maximum atomic E-state index is 10.6. The Morgan fingerprint density at radius 1 is 1.29 bits per heavy atom. The highest BCUT2D eigenvalue weighted by atomic mass is 28.5. The summed E-state index contributed by atoms with van der Waals surface area (Å²) in [5, 5.41) is 0.496. The zero-order valence-corrected chi connectivity index (χ0v) is 13.2. The largest absolute Gasteiger partial charge is 0.432 e. The zero-order chi connectivity index (χ0) is 11.4. The first-order valence-electron chi connectivity index (χ1n) is 5.31. The summed E-state index contributed by atoms with van der Waals surface area (Å²) in [6.07, 6.45) is 0. The molecule has 1 rings (SSSR count). The molecular formula is C9H23O2Si3. The summed E-state index contributed by atoms with van der Waals surface area (Å²) < 4.78 is 0.121. The van der Waals surface area contributed by atoms with Gasteiger partial charge in [0.15, 0.2) is 8.32 Å². The highest BCUT2D eigenvalue weighted by Crippen LogP contribution is 2.55. The lowest BCUT2D eigenvalue weighted by atomic mass is 10.5. The molecule has 14 heavy (non-hydrogen) atoms. The van der Waals surface area contributed by atoms with Crippen molar-refractivity contribution in [1.82, 2.24) is 0 Å². The molecule has 5 heteroatoms. The van der Waals surface area contributed by atoms with Gasteiger partial charge < -0.3 is 9.59 Å². The fourth-order valence-corrected chi connectivity index (χ4v) is 22.0. The van der Waals surface area contributed by atoms with Crippen molar-refractivity contribution < 1.29 is 9.59 Å². The third-order valence-corrected chi connectivity index (χ3v) is 25.1. The normalized spacial score (nSPS) is 42.4. The quantitative estimate of drug-likeness (QED) is 0.643. The maximum Gasteiger partial charge on any atom is 0.206 e. The van der Waals surface area contributed by atoms with Gasteiger partial charge in [-0.15, -0.1) is 0 Å². The fraction of sp³-hybridized carbons (Fsp3) is 1.00. The van der Waals surface area contributed by atoms with Crippen molar-refractivity contribution in [3.8, 4) is 0 Å². The van der Waals surface area contributed by atoms with Crippen LogP contribution in [0.1, 0.15) is 20.8 Å². The smallest absolute Gasteiger partial charge is 0.206 e. The minimum Gasteiger partial charge on any atom is -0.432 e. The summed E-state index contributed by atoms with van der Waals surface area (Å²) in [6.45, 7) is 13.4. The topological polar surface area (TPSA) is 40.5 Å². The first kappa shape index (κ1) is 12.6. The molecule has 83 valence electrons. The van der Waals surface area contributed by atoms with Gasteiger partial charge in [-0.05, 0) is 22.0 Å². The molecule has 0 saturated carbocycles. The van der Waals surface area contributed by atoms with Crippen LogP contribution in [0.5, 0.6) is 0 Å². The van der Waals surface area contributed by atoms with E-state index in [9.17, 15) is 9.59 Å². The van der Waals surface area contributed by atoms with E-state index in [-0.39, 0.29) is 4.66 Å². The Bertz CT molecular complexity index is 238. The number of hydrogen-bond acceptors (Lipinski definition) is 2. The van der Waals surface area contributed by atoms with E-state index in [1.165, 1.54) is 0 Å². The average Bonchev–Trinajstić information content (AvgIpc) is 1.99. The van der Waals surface area contributed by atoms with E-state index in [0.717, 1.165) is 5.67 Å². The van der Waals surface area contributed by atoms with Crippen molar-refractivity contribution in [2.75, 3.05) is 0 Å². The Kier molecular flexibility index (Phi) is 2.96. The lowest BCUT2D eigenvalue weighted by molar-refractivity contribution is 0.489. The van der Waals surface area contributed by atoms with E-state index in [0.29, 0.717) is 5.16 Å². The van der Waals surface area contributed by atoms with Gasteiger partial charge in [-0.25, -0.2) is 0 Å². The van der Waals surface area contributed by atoms with Gasteiger partial charge in [0.2, 0.25) is 9.04 Å². The molecule has 0 aromatic carbocycles. The molecular weight excluding hydrogens is 224 g/mol. The predicted octanol–water partition coefficient (Wildman–Crippen LogP) is 2.05. The minimum absolute atomic E-state index is 0.121. The summed E-state index contributed by atoms with van der Waals surface area (Å²) in [4.78, 5) is 20.7. The lowest BCUT2D eigenvalue weighted by Gasteiger charge is -2.56. The van der Waals surface area contributed by atoms with Crippen molar-refractivity contribution in [3.05, 3.63) is 0 Å². The molecule has 2 N–H and O–H groups in total. The van der Waals surface area contributed by atoms with Crippen LogP contribution in [0, 0.1) is 0 Å². The minimum atomic E-state index is -2.20. The first-order valence-corrected chi connectivity index (χ1v) is 12.8. The molecule has 2 nitrogen and oxygen atoms in total. The Balaban J connectivity index is 3.15. The molecule has 2 atom stereocenters. The summed E-state index contributed by atoms with van der Waals surface area (Å²) in [5.74, 6) is 0. The summed E-state index contributed by atoms with van der Waals surface area (Å²) in [5.41, 5.74) is 0.752. The van der Waals surface area contributed by atoms with Crippen LogP contribution in [-0.4, -0.2) is 35.0 Å². The molecule has 0 aliphatic carbocycles. The molecule has 0 bridgehead atoms. The van der Waals surface area contributed by atoms with Crippen molar-refractivity contribution in [1.29, 1.82) is 0 Å². The summed E-state index contributed by atoms with van der Waals surface area (Å²) in [6, 6.07) is 0. The van der Waals surface area contributed by atoms with Crippen LogP contribution in [0.4, 0.5) is 0 Å². The van der Waals surface area contributed by atoms with Gasteiger partial charge in [-0.1, -0.05) is 33.9 Å². The molecule has 1 fully saturated rings. The van der Waals surface area contributed by atoms with Crippen molar-refractivity contribution >= 4 is 25.4 Å². The van der Waals surface area contributed by atoms with E-state index in [4.69, 9.17) is 0 Å². The van der Waals surface area contributed by atoms with Crippen LogP contribution >= 0.6 is 0 Å². The SMILES string of the molecule is CC1[Si](O)C[Si](C)(O)C(C)(C)[Si]1(C)C. The second kappa shape index (κ2) is 3.28. The van der Waals surface area contributed by atoms with E-state index in [1.807, 2.05) is 6.55 Å². The summed E-state index contributed by atoms with van der Waals surface area (Å²) in [7, 11) is -4.99. The molecule has 1 radical (unpaired) electrons. The van der Waals surface area contributed by atoms with Crippen LogP contribution in [0.15, 0.2) is 0 Å². The van der Waals surface area contributed by atoms with Crippen molar-refractivity contribution in [3.63, 3.8) is 0 Å². The third-order valence-electron chi connectivity index (χ3n) is 5.07. The van der Waals surface area contributed by atoms with Crippen LogP contribution in [0.3, 0.4) is 0 Å². The Hall–Kier alpha value is 0.571. The Morgan fingerprint density at radius 3 is 2.14 bits per heavy atom. The van der Waals surface area contributed by atoms with Crippen LogP contribution in [-0.2, 0) is 0 Å². The zero-order valence-electron chi connectivity index (χ0n) is 10.2. The standard InChI is InChI=1S/C9H23O2Si3/c1-8-12(10)7-14(6,11)9(2,3)13(8,4)5/h8,10-11H,7H2,1-6H3. The average molecular weight is 248 g/mol. The van der Waals surface area contributed by atoms with E-state index >= 15 is 0 Å². The van der Waals surface area contributed by atoms with E-state index < -0.39 is 25.4 Å². The maximum absolute atomic E-state index is 10.6. The van der Waals surface area contributed by atoms with E-state index in [2.05, 4.69) is 33.9 Å². The second-order valence-electron chi connectivity index (χ2n) is 6.01. The molecule has 1 saturated heterocycles. The third kappa shape index (κ3) is 1.49. The van der Waals surface area contributed by atoms with Gasteiger partial charge in [0.1, 0.15) is 0 Å². The van der Waals surface area contributed by atoms with Crippen LogP contribution < -0.4 is 0 Å². The predicted molar refractivity (Wildman–Crippen MR) is 67.6 cm³/mol. The highest BCUT2D eigenvalue weighted by Gasteiger charge is 2.61. The molecule has 2 unspecified atom stereocenters. The monoisotopic (exact) mass is 247 g/mol. The van der Waals surface area contributed by atoms with Gasteiger partial charge >= 0.3 is 0 Å². The molecule has 1 aliphatic rings. The van der Waals surface area contributed by atoms with Crippen molar-refractivity contribution in [2.24, 2.45) is 0 Å². The van der Waals surface area contributed by atoms with Gasteiger partial charge in [0.05, 0.1) is 8.07 Å². The van der Waals surface area contributed by atoms with E-state index in [1.54, 1.807) is 0 Å².